The number of aryl methyl sites for hydroxylation is 1. The van der Waals surface area contributed by atoms with Crippen LogP contribution in [0.15, 0.2) is 0 Å². The van der Waals surface area contributed by atoms with Gasteiger partial charge in [-0.2, -0.15) is 13.2 Å². The number of aromatic nitrogens is 1. The Kier molecular flexibility index (Phi) is 6.51. The van der Waals surface area contributed by atoms with Crippen LogP contribution in [0.5, 0.6) is 0 Å². The normalized spacial score (nSPS) is 22.9. The first-order valence-electron chi connectivity index (χ1n) is 8.95. The average molecular weight is 376 g/mol. The van der Waals surface area contributed by atoms with E-state index in [9.17, 15) is 18.0 Å². The zero-order chi connectivity index (χ0) is 18.8. The molecule has 0 radical (unpaired) electrons. The molecule has 1 amide bonds. The van der Waals surface area contributed by atoms with Crippen LogP contribution < -0.4 is 5.32 Å². The number of nitrogens with one attached hydrogen (secondary N) is 1. The highest BCUT2D eigenvalue weighted by atomic mass is 32.1. The maximum atomic E-state index is 13.1. The van der Waals surface area contributed by atoms with Crippen molar-refractivity contribution in [3.63, 3.8) is 0 Å². The van der Waals surface area contributed by atoms with Gasteiger partial charge < -0.3 is 5.32 Å². The van der Waals surface area contributed by atoms with Crippen molar-refractivity contribution < 1.29 is 18.0 Å². The molecule has 0 spiro atoms. The number of carbonyl (C=O) groups excluding carboxylic acids is 1. The Labute approximate surface area is 151 Å². The van der Waals surface area contributed by atoms with E-state index in [1.807, 2.05) is 0 Å². The number of nitrogens with zero attached hydrogens (tertiary/aromatic N) is 1. The number of alkyl halides is 3. The van der Waals surface area contributed by atoms with Gasteiger partial charge in [0, 0.05) is 6.04 Å². The fraction of sp³-hybridized carbons (Fsp3) is 0.778. The summed E-state index contributed by atoms with van der Waals surface area (Å²) in [7, 11) is 0. The number of thiazole rings is 1. The molecule has 25 heavy (non-hydrogen) atoms. The van der Waals surface area contributed by atoms with Crippen LogP contribution in [0.2, 0.25) is 0 Å². The lowest BCUT2D eigenvalue weighted by molar-refractivity contribution is -0.141. The van der Waals surface area contributed by atoms with Crippen LogP contribution in [0, 0.1) is 24.7 Å². The van der Waals surface area contributed by atoms with E-state index in [4.69, 9.17) is 0 Å². The molecule has 1 aromatic heterocycles. The van der Waals surface area contributed by atoms with Crippen molar-refractivity contribution in [3.8, 4) is 0 Å². The largest absolute Gasteiger partial charge is 0.435 e. The monoisotopic (exact) mass is 376 g/mol. The van der Waals surface area contributed by atoms with Crippen LogP contribution in [0.25, 0.3) is 0 Å². The maximum absolute atomic E-state index is 13.1. The van der Waals surface area contributed by atoms with Gasteiger partial charge in [-0.25, -0.2) is 4.98 Å². The van der Waals surface area contributed by atoms with Crippen molar-refractivity contribution in [2.75, 3.05) is 0 Å². The third kappa shape index (κ3) is 5.19. The molecule has 0 aliphatic heterocycles. The summed E-state index contributed by atoms with van der Waals surface area (Å²) in [5.74, 6) is 0.695. The van der Waals surface area contributed by atoms with E-state index in [-0.39, 0.29) is 15.9 Å². The second-order valence-electron chi connectivity index (χ2n) is 7.54. The summed E-state index contributed by atoms with van der Waals surface area (Å²) in [5, 5.41) is 3.15. The Bertz CT molecular complexity index is 598. The highest BCUT2D eigenvalue weighted by Crippen LogP contribution is 2.36. The molecule has 142 valence electrons. The first-order chi connectivity index (χ1) is 11.6. The standard InChI is InChI=1S/C18H27F3N2OS/c1-10(2)9-11(3)13-7-5-6-8-14(13)23-17(24)15-16(18(19,20)21)22-12(4)25-15/h10-11,13-14H,5-9H2,1-4H3,(H,23,24). The molecule has 1 fully saturated rings. The lowest BCUT2D eigenvalue weighted by Crippen LogP contribution is -2.44. The molecule has 1 heterocycles. The maximum Gasteiger partial charge on any atom is 0.435 e. The second kappa shape index (κ2) is 8.06. The Morgan fingerprint density at radius 1 is 1.28 bits per heavy atom. The van der Waals surface area contributed by atoms with Crippen molar-refractivity contribution >= 4 is 17.2 Å². The molecule has 1 N–H and O–H groups in total. The fourth-order valence-corrected chi connectivity index (χ4v) is 4.79. The Morgan fingerprint density at radius 3 is 2.52 bits per heavy atom. The highest BCUT2D eigenvalue weighted by molar-refractivity contribution is 7.13. The molecule has 0 bridgehead atoms. The van der Waals surface area contributed by atoms with Gasteiger partial charge in [0.15, 0.2) is 5.69 Å². The third-order valence-corrected chi connectivity index (χ3v) is 5.89. The quantitative estimate of drug-likeness (QED) is 0.743. The van der Waals surface area contributed by atoms with E-state index < -0.39 is 17.8 Å². The molecule has 3 nitrogen and oxygen atoms in total. The van der Waals surface area contributed by atoms with Crippen LogP contribution >= 0.6 is 11.3 Å². The molecule has 1 saturated carbocycles. The van der Waals surface area contributed by atoms with Crippen LogP contribution in [-0.4, -0.2) is 16.9 Å². The Balaban J connectivity index is 2.15. The van der Waals surface area contributed by atoms with Crippen LogP contribution in [0.4, 0.5) is 13.2 Å². The summed E-state index contributed by atoms with van der Waals surface area (Å²) in [5.41, 5.74) is -1.06. The van der Waals surface area contributed by atoms with Gasteiger partial charge in [0.1, 0.15) is 4.88 Å². The van der Waals surface area contributed by atoms with Crippen LogP contribution in [0.1, 0.15) is 73.2 Å². The first kappa shape index (κ1) is 20.2. The zero-order valence-corrected chi connectivity index (χ0v) is 16.1. The van der Waals surface area contributed by atoms with E-state index >= 15 is 0 Å². The summed E-state index contributed by atoms with van der Waals surface area (Å²) >= 11 is 0.815. The fourth-order valence-electron chi connectivity index (χ4n) is 3.95. The zero-order valence-electron chi connectivity index (χ0n) is 15.2. The molecule has 2 rings (SSSR count). The molecule has 1 aromatic rings. The lowest BCUT2D eigenvalue weighted by atomic mass is 9.74. The van der Waals surface area contributed by atoms with Crippen LogP contribution in [-0.2, 0) is 6.18 Å². The lowest BCUT2D eigenvalue weighted by Gasteiger charge is -2.36. The molecule has 1 aliphatic carbocycles. The molecule has 3 unspecified atom stereocenters. The van der Waals surface area contributed by atoms with E-state index in [1.54, 1.807) is 0 Å². The summed E-state index contributed by atoms with van der Waals surface area (Å²) < 4.78 is 39.3. The number of halogens is 3. The van der Waals surface area contributed by atoms with E-state index in [2.05, 4.69) is 31.1 Å². The minimum Gasteiger partial charge on any atom is -0.348 e. The Hall–Kier alpha value is -1.11. The summed E-state index contributed by atoms with van der Waals surface area (Å²) in [6, 6.07) is -0.0570. The van der Waals surface area contributed by atoms with Gasteiger partial charge in [-0.3, -0.25) is 4.79 Å². The Morgan fingerprint density at radius 2 is 1.92 bits per heavy atom. The van der Waals surface area contributed by atoms with Gasteiger partial charge in [-0.15, -0.1) is 11.3 Å². The molecular weight excluding hydrogens is 349 g/mol. The van der Waals surface area contributed by atoms with Gasteiger partial charge in [0.25, 0.3) is 5.91 Å². The number of amides is 1. The molecule has 0 saturated heterocycles. The minimum absolute atomic E-state index is 0.0570. The molecule has 1 aliphatic rings. The number of hydrogen-bond acceptors (Lipinski definition) is 3. The average Bonchev–Trinajstić information content (AvgIpc) is 2.89. The van der Waals surface area contributed by atoms with Crippen molar-refractivity contribution in [2.24, 2.45) is 17.8 Å². The van der Waals surface area contributed by atoms with E-state index in [0.717, 1.165) is 43.4 Å². The van der Waals surface area contributed by atoms with Gasteiger partial charge in [0.05, 0.1) is 5.01 Å². The van der Waals surface area contributed by atoms with Gasteiger partial charge in [-0.05, 0) is 43.9 Å². The van der Waals surface area contributed by atoms with Crippen molar-refractivity contribution in [3.05, 3.63) is 15.6 Å². The predicted molar refractivity (Wildman–Crippen MR) is 93.7 cm³/mol. The topological polar surface area (TPSA) is 42.0 Å². The highest BCUT2D eigenvalue weighted by Gasteiger charge is 2.40. The molecule has 7 heteroatoms. The summed E-state index contributed by atoms with van der Waals surface area (Å²) in [6.07, 6.45) is 0.431. The minimum atomic E-state index is -4.60. The smallest absolute Gasteiger partial charge is 0.348 e. The van der Waals surface area contributed by atoms with E-state index in [0.29, 0.717) is 17.8 Å². The number of hydrogen-bond donors (Lipinski definition) is 1. The third-order valence-electron chi connectivity index (χ3n) is 4.92. The predicted octanol–water partition coefficient (Wildman–Crippen LogP) is 5.44. The number of rotatable bonds is 5. The second-order valence-corrected chi connectivity index (χ2v) is 8.75. The molecule has 0 aromatic carbocycles. The SMILES string of the molecule is Cc1nc(C(F)(F)F)c(C(=O)NC2CCCCC2C(C)CC(C)C)s1. The van der Waals surface area contributed by atoms with Crippen LogP contribution in [0.3, 0.4) is 0 Å². The van der Waals surface area contributed by atoms with Crippen molar-refractivity contribution in [1.29, 1.82) is 0 Å². The van der Waals surface area contributed by atoms with Gasteiger partial charge in [-0.1, -0.05) is 33.6 Å². The number of carbonyl (C=O) groups is 1. The summed E-state index contributed by atoms with van der Waals surface area (Å²) in [4.78, 5) is 15.8. The summed E-state index contributed by atoms with van der Waals surface area (Å²) in [6.45, 7) is 8.02. The van der Waals surface area contributed by atoms with Gasteiger partial charge >= 0.3 is 6.18 Å². The van der Waals surface area contributed by atoms with Gasteiger partial charge in [0.2, 0.25) is 0 Å². The van der Waals surface area contributed by atoms with Crippen molar-refractivity contribution in [1.82, 2.24) is 10.3 Å². The first-order valence-corrected chi connectivity index (χ1v) is 9.76. The molecule has 3 atom stereocenters. The molecular formula is C18H27F3N2OS. The van der Waals surface area contributed by atoms with Crippen molar-refractivity contribution in [2.45, 2.75) is 72.0 Å². The van der Waals surface area contributed by atoms with E-state index in [1.165, 1.54) is 6.92 Å².